The Labute approximate surface area is 112 Å². The first-order valence-electron chi connectivity index (χ1n) is 7.07. The zero-order chi connectivity index (χ0) is 13.1. The number of hydrogen-bond donors (Lipinski definition) is 0. The molecule has 0 heteroatoms. The minimum atomic E-state index is 0.984. The van der Waals surface area contributed by atoms with E-state index >= 15 is 0 Å². The van der Waals surface area contributed by atoms with Crippen molar-refractivity contribution in [1.29, 1.82) is 0 Å². The summed E-state index contributed by atoms with van der Waals surface area (Å²) in [6.07, 6.45) is 22.5. The van der Waals surface area contributed by atoms with Gasteiger partial charge < -0.3 is 0 Å². The van der Waals surface area contributed by atoms with Crippen molar-refractivity contribution in [3.8, 4) is 0 Å². The maximum absolute atomic E-state index is 4.14. The third kappa shape index (κ3) is 7.89. The lowest BCUT2D eigenvalue weighted by molar-refractivity contribution is 0.902. The van der Waals surface area contributed by atoms with Gasteiger partial charge in [-0.3, -0.25) is 0 Å². The first-order valence-corrected chi connectivity index (χ1v) is 7.07. The lowest BCUT2D eigenvalue weighted by Crippen LogP contribution is -1.85. The zero-order valence-corrected chi connectivity index (χ0v) is 11.5. The molecule has 0 aromatic carbocycles. The summed E-state index contributed by atoms with van der Waals surface area (Å²) < 4.78 is 0. The van der Waals surface area contributed by atoms with Gasteiger partial charge in [0, 0.05) is 0 Å². The van der Waals surface area contributed by atoms with Crippen molar-refractivity contribution in [3.05, 3.63) is 60.8 Å². The van der Waals surface area contributed by atoms with E-state index in [0.717, 1.165) is 51.4 Å². The third-order valence-electron chi connectivity index (χ3n) is 3.07. The Hall–Kier alpha value is -1.30. The standard InChI is InChI=1S/C18H26/c1-17-14-12-10-8-6-4-3-5-7-9-11-13-15-18(2)16-17/h3-4,9-12H,1-2,5-8,13-16H2. The van der Waals surface area contributed by atoms with Gasteiger partial charge in [-0.15, -0.1) is 0 Å². The van der Waals surface area contributed by atoms with Crippen molar-refractivity contribution >= 4 is 0 Å². The molecular weight excluding hydrogens is 216 g/mol. The van der Waals surface area contributed by atoms with Gasteiger partial charge in [0.15, 0.2) is 0 Å². The van der Waals surface area contributed by atoms with E-state index in [4.69, 9.17) is 0 Å². The van der Waals surface area contributed by atoms with Crippen molar-refractivity contribution < 1.29 is 0 Å². The number of rotatable bonds is 0. The molecule has 0 radical (unpaired) electrons. The predicted molar refractivity (Wildman–Crippen MR) is 82.6 cm³/mol. The summed E-state index contributed by atoms with van der Waals surface area (Å²) >= 11 is 0. The van der Waals surface area contributed by atoms with Gasteiger partial charge in [0.05, 0.1) is 0 Å². The molecule has 0 bridgehead atoms. The Kier molecular flexibility index (Phi) is 7.96. The fourth-order valence-electron chi connectivity index (χ4n) is 2.03. The molecule has 0 aromatic heterocycles. The minimum absolute atomic E-state index is 0.984. The zero-order valence-electron chi connectivity index (χ0n) is 11.5. The van der Waals surface area contributed by atoms with E-state index in [1.54, 1.807) is 0 Å². The maximum atomic E-state index is 4.14. The van der Waals surface area contributed by atoms with E-state index in [2.05, 4.69) is 49.6 Å². The first-order chi connectivity index (χ1) is 8.79. The van der Waals surface area contributed by atoms with Crippen LogP contribution in [-0.2, 0) is 0 Å². The van der Waals surface area contributed by atoms with E-state index in [0.29, 0.717) is 0 Å². The van der Waals surface area contributed by atoms with Gasteiger partial charge in [-0.2, -0.15) is 0 Å². The van der Waals surface area contributed by atoms with Crippen LogP contribution in [0.2, 0.25) is 0 Å². The van der Waals surface area contributed by atoms with Gasteiger partial charge in [0.1, 0.15) is 0 Å². The van der Waals surface area contributed by atoms with E-state index in [1.807, 2.05) is 0 Å². The fraction of sp³-hybridized carbons (Fsp3) is 0.444. The Morgan fingerprint density at radius 2 is 1.11 bits per heavy atom. The van der Waals surface area contributed by atoms with Crippen LogP contribution >= 0.6 is 0 Å². The van der Waals surface area contributed by atoms with Gasteiger partial charge in [-0.05, 0) is 51.4 Å². The number of hydrogen-bond acceptors (Lipinski definition) is 0. The van der Waals surface area contributed by atoms with Crippen molar-refractivity contribution in [3.63, 3.8) is 0 Å². The van der Waals surface area contributed by atoms with E-state index in [9.17, 15) is 0 Å². The molecule has 0 heterocycles. The summed E-state index contributed by atoms with van der Waals surface area (Å²) in [6.45, 7) is 8.26. The van der Waals surface area contributed by atoms with E-state index in [1.165, 1.54) is 11.1 Å². The normalized spacial score (nSPS) is 20.2. The van der Waals surface area contributed by atoms with Gasteiger partial charge in [0.25, 0.3) is 0 Å². The third-order valence-corrected chi connectivity index (χ3v) is 3.07. The quantitative estimate of drug-likeness (QED) is 0.464. The highest BCUT2D eigenvalue weighted by Crippen LogP contribution is 2.16. The highest BCUT2D eigenvalue weighted by atomic mass is 14.0. The number of allylic oxidation sites excluding steroid dienone is 8. The summed E-state index contributed by atoms with van der Waals surface area (Å²) in [5.74, 6) is 0. The molecule has 0 N–H and O–H groups in total. The molecule has 98 valence electrons. The molecule has 0 atom stereocenters. The fourth-order valence-corrected chi connectivity index (χ4v) is 2.03. The van der Waals surface area contributed by atoms with E-state index in [-0.39, 0.29) is 0 Å². The molecule has 0 fully saturated rings. The van der Waals surface area contributed by atoms with Crippen LogP contribution in [0.5, 0.6) is 0 Å². The second-order valence-electron chi connectivity index (χ2n) is 4.99. The van der Waals surface area contributed by atoms with Crippen LogP contribution in [0.3, 0.4) is 0 Å². The molecule has 1 aliphatic rings. The van der Waals surface area contributed by atoms with Crippen LogP contribution in [0, 0.1) is 0 Å². The average molecular weight is 242 g/mol. The highest BCUT2D eigenvalue weighted by molar-refractivity contribution is 5.13. The largest absolute Gasteiger partial charge is 0.0995 e. The smallest absolute Gasteiger partial charge is 0.0111 e. The molecule has 0 amide bonds. The Bertz CT molecular complexity index is 339. The van der Waals surface area contributed by atoms with E-state index < -0.39 is 0 Å². The first kappa shape index (κ1) is 14.8. The lowest BCUT2D eigenvalue weighted by Gasteiger charge is -2.05. The lowest BCUT2D eigenvalue weighted by atomic mass is 10.0. The average Bonchev–Trinajstić information content (AvgIpc) is 2.33. The summed E-state index contributed by atoms with van der Waals surface area (Å²) in [5.41, 5.74) is 2.59. The molecule has 0 unspecified atom stereocenters. The molecular formula is C18H26. The summed E-state index contributed by atoms with van der Waals surface area (Å²) in [6, 6.07) is 0. The Balaban J connectivity index is 2.45. The van der Waals surface area contributed by atoms with Gasteiger partial charge in [-0.1, -0.05) is 60.8 Å². The molecule has 0 spiro atoms. The summed E-state index contributed by atoms with van der Waals surface area (Å²) in [7, 11) is 0. The topological polar surface area (TPSA) is 0 Å². The molecule has 1 rings (SSSR count). The second-order valence-corrected chi connectivity index (χ2v) is 4.99. The van der Waals surface area contributed by atoms with Crippen LogP contribution in [0.25, 0.3) is 0 Å². The van der Waals surface area contributed by atoms with Gasteiger partial charge >= 0.3 is 0 Å². The van der Waals surface area contributed by atoms with Crippen molar-refractivity contribution in [2.75, 3.05) is 0 Å². The Morgan fingerprint density at radius 1 is 0.611 bits per heavy atom. The van der Waals surface area contributed by atoms with Crippen LogP contribution in [0.1, 0.15) is 51.4 Å². The van der Waals surface area contributed by atoms with Crippen LogP contribution < -0.4 is 0 Å². The van der Waals surface area contributed by atoms with Crippen molar-refractivity contribution in [2.24, 2.45) is 0 Å². The molecule has 1 aliphatic carbocycles. The van der Waals surface area contributed by atoms with Crippen molar-refractivity contribution in [2.45, 2.75) is 51.4 Å². The molecule has 0 nitrogen and oxygen atoms in total. The van der Waals surface area contributed by atoms with Gasteiger partial charge in [-0.25, -0.2) is 0 Å². The molecule has 18 heavy (non-hydrogen) atoms. The maximum Gasteiger partial charge on any atom is -0.0111 e. The van der Waals surface area contributed by atoms with Crippen molar-refractivity contribution in [1.82, 2.24) is 0 Å². The molecule has 0 saturated carbocycles. The minimum Gasteiger partial charge on any atom is -0.0995 e. The monoisotopic (exact) mass is 242 g/mol. The molecule has 0 saturated heterocycles. The SMILES string of the molecule is C=C1CC=CCCC=CCCC=CCCC(=C)C1. The Morgan fingerprint density at radius 3 is 1.72 bits per heavy atom. The summed E-state index contributed by atoms with van der Waals surface area (Å²) in [5, 5.41) is 0. The van der Waals surface area contributed by atoms with Crippen LogP contribution in [0.4, 0.5) is 0 Å². The van der Waals surface area contributed by atoms with Crippen LogP contribution in [-0.4, -0.2) is 0 Å². The van der Waals surface area contributed by atoms with Gasteiger partial charge in [0.2, 0.25) is 0 Å². The van der Waals surface area contributed by atoms with Crippen LogP contribution in [0.15, 0.2) is 60.8 Å². The predicted octanol–water partition coefficient (Wildman–Crippen LogP) is 5.90. The second kappa shape index (κ2) is 9.70. The highest BCUT2D eigenvalue weighted by Gasteiger charge is 1.97. The molecule has 0 aromatic rings. The summed E-state index contributed by atoms with van der Waals surface area (Å²) in [4.78, 5) is 0. The molecule has 0 aliphatic heterocycles.